The van der Waals surface area contributed by atoms with Crippen LogP contribution in [0.15, 0.2) is 30.3 Å². The Morgan fingerprint density at radius 3 is 2.94 bits per heavy atom. The van der Waals surface area contributed by atoms with Gasteiger partial charge in [0.1, 0.15) is 0 Å². The minimum Gasteiger partial charge on any atom is -0.306 e. The molecule has 1 aromatic rings. The van der Waals surface area contributed by atoms with Crippen LogP contribution in [-0.2, 0) is 0 Å². The smallest absolute Gasteiger partial charge is 0.0580 e. The van der Waals surface area contributed by atoms with Crippen LogP contribution in [0.2, 0.25) is 0 Å². The van der Waals surface area contributed by atoms with Crippen molar-refractivity contribution in [2.24, 2.45) is 5.92 Å². The molecule has 1 saturated heterocycles. The second-order valence-corrected chi connectivity index (χ2v) is 5.18. The molecule has 0 saturated carbocycles. The molecule has 1 N–H and O–H groups in total. The van der Waals surface area contributed by atoms with Crippen LogP contribution in [0.4, 0.5) is 0 Å². The molecule has 1 fully saturated rings. The molecule has 0 spiro atoms. The van der Waals surface area contributed by atoms with Crippen LogP contribution in [0.5, 0.6) is 0 Å². The first-order valence-corrected chi connectivity index (χ1v) is 6.93. The lowest BCUT2D eigenvalue weighted by atomic mass is 10.1. The first kappa shape index (κ1) is 11.6. The van der Waals surface area contributed by atoms with E-state index >= 15 is 0 Å². The number of rotatable bonds is 3. The molecule has 0 amide bonds. The summed E-state index contributed by atoms with van der Waals surface area (Å²) in [5.41, 5.74) is 1.10. The van der Waals surface area contributed by atoms with Crippen molar-refractivity contribution in [2.75, 3.05) is 24.6 Å². The topological polar surface area (TPSA) is 12.0 Å². The van der Waals surface area contributed by atoms with Gasteiger partial charge in [0, 0.05) is 5.56 Å². The van der Waals surface area contributed by atoms with E-state index in [0.717, 1.165) is 24.6 Å². The zero-order chi connectivity index (χ0) is 11.1. The maximum absolute atomic E-state index is 3.41. The SMILES string of the molecule is C(#Cc1ccccc1)CNCC1CCSC1. The van der Waals surface area contributed by atoms with E-state index in [0.29, 0.717) is 0 Å². The second kappa shape index (κ2) is 6.62. The number of thioether (sulfide) groups is 1. The molecule has 84 valence electrons. The summed E-state index contributed by atoms with van der Waals surface area (Å²) in [5, 5.41) is 3.41. The summed E-state index contributed by atoms with van der Waals surface area (Å²) in [6, 6.07) is 10.1. The lowest BCUT2D eigenvalue weighted by Gasteiger charge is -2.06. The molecule has 1 aliphatic rings. The van der Waals surface area contributed by atoms with Gasteiger partial charge in [0.15, 0.2) is 0 Å². The third kappa shape index (κ3) is 3.92. The monoisotopic (exact) mass is 231 g/mol. The predicted octanol–water partition coefficient (Wildman–Crippen LogP) is 2.38. The molecule has 0 bridgehead atoms. The fraction of sp³-hybridized carbons (Fsp3) is 0.429. The van der Waals surface area contributed by atoms with E-state index in [2.05, 4.69) is 28.9 Å². The molecule has 0 aromatic heterocycles. The average molecular weight is 231 g/mol. The van der Waals surface area contributed by atoms with Gasteiger partial charge in [-0.1, -0.05) is 30.0 Å². The summed E-state index contributed by atoms with van der Waals surface area (Å²) in [6.07, 6.45) is 1.36. The normalized spacial score (nSPS) is 19.1. The highest BCUT2D eigenvalue weighted by atomic mass is 32.2. The van der Waals surface area contributed by atoms with E-state index < -0.39 is 0 Å². The Hall–Kier alpha value is -0.910. The van der Waals surface area contributed by atoms with E-state index in [1.807, 2.05) is 30.3 Å². The highest BCUT2D eigenvalue weighted by molar-refractivity contribution is 7.99. The number of hydrogen-bond acceptors (Lipinski definition) is 2. The fourth-order valence-corrected chi connectivity index (χ4v) is 3.04. The van der Waals surface area contributed by atoms with Gasteiger partial charge in [-0.25, -0.2) is 0 Å². The molecule has 1 heterocycles. The van der Waals surface area contributed by atoms with Gasteiger partial charge in [0.05, 0.1) is 6.54 Å². The Balaban J connectivity index is 1.66. The molecule has 1 atom stereocenters. The first-order valence-electron chi connectivity index (χ1n) is 5.77. The standard InChI is InChI=1S/C14H17NS/c1-2-5-13(6-3-1)7-4-9-15-11-14-8-10-16-12-14/h1-3,5-6,14-15H,8-12H2. The predicted molar refractivity (Wildman–Crippen MR) is 71.6 cm³/mol. The van der Waals surface area contributed by atoms with E-state index in [-0.39, 0.29) is 0 Å². The van der Waals surface area contributed by atoms with Crippen LogP contribution in [0.3, 0.4) is 0 Å². The molecule has 2 heteroatoms. The minimum atomic E-state index is 0.802. The van der Waals surface area contributed by atoms with Crippen LogP contribution < -0.4 is 5.32 Å². The van der Waals surface area contributed by atoms with E-state index in [1.54, 1.807) is 0 Å². The van der Waals surface area contributed by atoms with Crippen LogP contribution in [-0.4, -0.2) is 24.6 Å². The molecular formula is C14H17NS. The van der Waals surface area contributed by atoms with Gasteiger partial charge in [-0.3, -0.25) is 0 Å². The molecular weight excluding hydrogens is 214 g/mol. The zero-order valence-corrected chi connectivity index (χ0v) is 10.2. The first-order chi connectivity index (χ1) is 7.95. The van der Waals surface area contributed by atoms with E-state index in [1.165, 1.54) is 17.9 Å². The maximum Gasteiger partial charge on any atom is 0.0580 e. The van der Waals surface area contributed by atoms with Crippen molar-refractivity contribution in [3.63, 3.8) is 0 Å². The van der Waals surface area contributed by atoms with Gasteiger partial charge in [0.25, 0.3) is 0 Å². The third-order valence-electron chi connectivity index (χ3n) is 2.68. The van der Waals surface area contributed by atoms with Gasteiger partial charge in [-0.05, 0) is 42.5 Å². The van der Waals surface area contributed by atoms with E-state index in [4.69, 9.17) is 0 Å². The van der Waals surface area contributed by atoms with Crippen LogP contribution in [0, 0.1) is 17.8 Å². The lowest BCUT2D eigenvalue weighted by Crippen LogP contribution is -2.22. The van der Waals surface area contributed by atoms with Crippen LogP contribution in [0.25, 0.3) is 0 Å². The molecule has 1 aliphatic heterocycles. The lowest BCUT2D eigenvalue weighted by molar-refractivity contribution is 0.545. The molecule has 0 aliphatic carbocycles. The molecule has 1 unspecified atom stereocenters. The van der Waals surface area contributed by atoms with E-state index in [9.17, 15) is 0 Å². The fourth-order valence-electron chi connectivity index (χ4n) is 1.75. The van der Waals surface area contributed by atoms with Gasteiger partial charge in [0.2, 0.25) is 0 Å². The molecule has 1 nitrogen and oxygen atoms in total. The van der Waals surface area contributed by atoms with Gasteiger partial charge >= 0.3 is 0 Å². The Bertz CT molecular complexity index is 357. The van der Waals surface area contributed by atoms with Gasteiger partial charge in [-0.2, -0.15) is 11.8 Å². The van der Waals surface area contributed by atoms with Crippen LogP contribution in [0.1, 0.15) is 12.0 Å². The van der Waals surface area contributed by atoms with Crippen molar-refractivity contribution >= 4 is 11.8 Å². The zero-order valence-electron chi connectivity index (χ0n) is 9.41. The highest BCUT2D eigenvalue weighted by Gasteiger charge is 2.13. The van der Waals surface area contributed by atoms with Crippen LogP contribution >= 0.6 is 11.8 Å². The van der Waals surface area contributed by atoms with Crippen molar-refractivity contribution in [2.45, 2.75) is 6.42 Å². The number of benzene rings is 1. The Morgan fingerprint density at radius 1 is 1.31 bits per heavy atom. The summed E-state index contributed by atoms with van der Waals surface area (Å²) < 4.78 is 0. The Kier molecular flexibility index (Phi) is 4.79. The Labute approximate surface area is 102 Å². The van der Waals surface area contributed by atoms with Gasteiger partial charge in [-0.15, -0.1) is 0 Å². The maximum atomic E-state index is 3.41. The summed E-state index contributed by atoms with van der Waals surface area (Å²) in [5.74, 6) is 9.83. The summed E-state index contributed by atoms with van der Waals surface area (Å²) in [7, 11) is 0. The van der Waals surface area contributed by atoms with Crippen molar-refractivity contribution in [3.05, 3.63) is 35.9 Å². The average Bonchev–Trinajstić information content (AvgIpc) is 2.83. The number of hydrogen-bond donors (Lipinski definition) is 1. The van der Waals surface area contributed by atoms with Crippen molar-refractivity contribution < 1.29 is 0 Å². The van der Waals surface area contributed by atoms with Crippen molar-refractivity contribution in [1.82, 2.24) is 5.32 Å². The summed E-state index contributed by atoms with van der Waals surface area (Å²) in [6.45, 7) is 1.92. The van der Waals surface area contributed by atoms with Crippen molar-refractivity contribution in [1.29, 1.82) is 0 Å². The molecule has 16 heavy (non-hydrogen) atoms. The van der Waals surface area contributed by atoms with Gasteiger partial charge < -0.3 is 5.32 Å². The molecule has 1 aromatic carbocycles. The summed E-state index contributed by atoms with van der Waals surface area (Å²) in [4.78, 5) is 0. The number of nitrogens with one attached hydrogen (secondary N) is 1. The second-order valence-electron chi connectivity index (χ2n) is 4.03. The molecule has 2 rings (SSSR count). The highest BCUT2D eigenvalue weighted by Crippen LogP contribution is 2.22. The summed E-state index contributed by atoms with van der Waals surface area (Å²) >= 11 is 2.07. The Morgan fingerprint density at radius 2 is 2.19 bits per heavy atom. The largest absolute Gasteiger partial charge is 0.306 e. The minimum absolute atomic E-state index is 0.802. The van der Waals surface area contributed by atoms with Crippen molar-refractivity contribution in [3.8, 4) is 11.8 Å². The molecule has 0 radical (unpaired) electrons. The third-order valence-corrected chi connectivity index (χ3v) is 3.91. The quantitative estimate of drug-likeness (QED) is 0.633.